The Kier molecular flexibility index (Phi) is 9.40. The molecule has 1 aromatic rings. The van der Waals surface area contributed by atoms with E-state index < -0.39 is 5.97 Å². The van der Waals surface area contributed by atoms with Crippen molar-refractivity contribution in [3.63, 3.8) is 0 Å². The molecule has 0 aromatic heterocycles. The summed E-state index contributed by atoms with van der Waals surface area (Å²) in [6.07, 6.45) is 5.71. The van der Waals surface area contributed by atoms with Crippen molar-refractivity contribution in [1.29, 1.82) is 0 Å². The van der Waals surface area contributed by atoms with Crippen LogP contribution in [0.15, 0.2) is 24.3 Å². The van der Waals surface area contributed by atoms with Gasteiger partial charge in [-0.1, -0.05) is 31.2 Å². The van der Waals surface area contributed by atoms with Crippen LogP contribution in [0.25, 0.3) is 0 Å². The third-order valence-electron chi connectivity index (χ3n) is 6.18. The zero-order chi connectivity index (χ0) is 19.9. The van der Waals surface area contributed by atoms with Crippen molar-refractivity contribution in [3.05, 3.63) is 35.4 Å². The summed E-state index contributed by atoms with van der Waals surface area (Å²) >= 11 is 0. The molecule has 2 aliphatic rings. The number of carbonyl (C=O) groups excluding carboxylic acids is 1. The number of piperidine rings is 1. The molecule has 29 heavy (non-hydrogen) atoms. The number of fused-ring (bicyclic) bond motifs is 1. The van der Waals surface area contributed by atoms with Crippen molar-refractivity contribution in [1.82, 2.24) is 15.1 Å². The molecule has 0 spiro atoms. The number of carboxylic acids is 1. The van der Waals surface area contributed by atoms with Gasteiger partial charge in [0.2, 0.25) is 5.91 Å². The van der Waals surface area contributed by atoms with E-state index in [-0.39, 0.29) is 30.9 Å². The van der Waals surface area contributed by atoms with Crippen LogP contribution >= 0.6 is 12.4 Å². The summed E-state index contributed by atoms with van der Waals surface area (Å²) in [5.74, 6) is -0.630. The van der Waals surface area contributed by atoms with E-state index in [0.29, 0.717) is 12.5 Å². The second-order valence-electron chi connectivity index (χ2n) is 7.99. The Hall–Kier alpha value is -1.63. The highest BCUT2D eigenvalue weighted by molar-refractivity contribution is 5.85. The molecule has 2 N–H and O–H groups in total. The zero-order valence-corrected chi connectivity index (χ0v) is 18.1. The second kappa shape index (κ2) is 11.5. The molecule has 7 heteroatoms. The highest BCUT2D eigenvalue weighted by Gasteiger charge is 2.26. The SMILES string of the molecule is CCN(CC(=O)O)C1CCN(CCC(=O)NC2CCCc3ccccc32)CC1.Cl. The number of carbonyl (C=O) groups is 2. The van der Waals surface area contributed by atoms with Crippen LogP contribution < -0.4 is 5.32 Å². The number of likely N-dealkylation sites (N-methyl/N-ethyl adjacent to an activating group) is 1. The molecule has 0 saturated carbocycles. The minimum Gasteiger partial charge on any atom is -0.480 e. The van der Waals surface area contributed by atoms with E-state index in [4.69, 9.17) is 5.11 Å². The normalized spacial score (nSPS) is 20.0. The summed E-state index contributed by atoms with van der Waals surface area (Å²) < 4.78 is 0. The van der Waals surface area contributed by atoms with E-state index in [1.165, 1.54) is 11.1 Å². The maximum atomic E-state index is 12.5. The largest absolute Gasteiger partial charge is 0.480 e. The Balaban J connectivity index is 0.00000300. The summed E-state index contributed by atoms with van der Waals surface area (Å²) in [6.45, 7) is 5.54. The van der Waals surface area contributed by atoms with E-state index in [2.05, 4.69) is 34.5 Å². The number of rotatable bonds is 8. The quantitative estimate of drug-likeness (QED) is 0.672. The van der Waals surface area contributed by atoms with Crippen LogP contribution in [0.4, 0.5) is 0 Å². The summed E-state index contributed by atoms with van der Waals surface area (Å²) in [6, 6.07) is 8.92. The summed E-state index contributed by atoms with van der Waals surface area (Å²) in [4.78, 5) is 27.9. The first-order chi connectivity index (χ1) is 13.6. The molecule has 0 bridgehead atoms. The highest BCUT2D eigenvalue weighted by atomic mass is 35.5. The van der Waals surface area contributed by atoms with Crippen molar-refractivity contribution >= 4 is 24.3 Å². The van der Waals surface area contributed by atoms with Gasteiger partial charge in [0.15, 0.2) is 0 Å². The van der Waals surface area contributed by atoms with Gasteiger partial charge in [0, 0.05) is 19.0 Å². The lowest BCUT2D eigenvalue weighted by Crippen LogP contribution is -2.47. The topological polar surface area (TPSA) is 72.9 Å². The van der Waals surface area contributed by atoms with Crippen LogP contribution in [-0.4, -0.2) is 65.5 Å². The molecule has 1 aliphatic heterocycles. The number of nitrogens with zero attached hydrogens (tertiary/aromatic N) is 2. The second-order valence-corrected chi connectivity index (χ2v) is 7.99. The molecule has 0 radical (unpaired) electrons. The number of carboxylic acid groups (broad SMARTS) is 1. The Morgan fingerprint density at radius 1 is 1.21 bits per heavy atom. The molecule has 1 saturated heterocycles. The third-order valence-corrected chi connectivity index (χ3v) is 6.18. The van der Waals surface area contributed by atoms with Crippen LogP contribution in [0.2, 0.25) is 0 Å². The molecule has 162 valence electrons. The zero-order valence-electron chi connectivity index (χ0n) is 17.3. The van der Waals surface area contributed by atoms with Gasteiger partial charge in [0.25, 0.3) is 0 Å². The van der Waals surface area contributed by atoms with E-state index in [1.807, 2.05) is 11.8 Å². The number of benzene rings is 1. The van der Waals surface area contributed by atoms with Crippen molar-refractivity contribution < 1.29 is 14.7 Å². The standard InChI is InChI=1S/C22H33N3O3.ClH/c1-2-25(16-22(27)28)18-10-13-24(14-11-18)15-12-21(26)23-20-9-5-7-17-6-3-4-8-19(17)20;/h3-4,6,8,18,20H,2,5,7,9-16H2,1H3,(H,23,26)(H,27,28);1H. The van der Waals surface area contributed by atoms with Gasteiger partial charge >= 0.3 is 5.97 Å². The highest BCUT2D eigenvalue weighted by Crippen LogP contribution is 2.29. The summed E-state index contributed by atoms with van der Waals surface area (Å²) in [5.41, 5.74) is 2.64. The van der Waals surface area contributed by atoms with Crippen molar-refractivity contribution in [2.45, 2.75) is 57.5 Å². The predicted octanol–water partition coefficient (Wildman–Crippen LogP) is 2.86. The Morgan fingerprint density at radius 3 is 2.62 bits per heavy atom. The van der Waals surface area contributed by atoms with Gasteiger partial charge in [-0.15, -0.1) is 12.4 Å². The average Bonchev–Trinajstić information content (AvgIpc) is 2.71. The number of nitrogens with one attached hydrogen (secondary N) is 1. The van der Waals surface area contributed by atoms with E-state index >= 15 is 0 Å². The number of hydrogen-bond donors (Lipinski definition) is 2. The molecule has 1 aromatic carbocycles. The summed E-state index contributed by atoms with van der Waals surface area (Å²) in [7, 11) is 0. The third kappa shape index (κ3) is 6.69. The van der Waals surface area contributed by atoms with Crippen molar-refractivity contribution in [2.24, 2.45) is 0 Å². The van der Waals surface area contributed by atoms with Crippen LogP contribution in [0.5, 0.6) is 0 Å². The van der Waals surface area contributed by atoms with E-state index in [0.717, 1.165) is 58.3 Å². The maximum absolute atomic E-state index is 12.5. The lowest BCUT2D eigenvalue weighted by Gasteiger charge is -2.37. The number of hydrogen-bond acceptors (Lipinski definition) is 4. The number of likely N-dealkylation sites (tertiary alicyclic amines) is 1. The Morgan fingerprint density at radius 2 is 1.93 bits per heavy atom. The molecule has 1 atom stereocenters. The van der Waals surface area contributed by atoms with Gasteiger partial charge in [-0.25, -0.2) is 0 Å². The van der Waals surface area contributed by atoms with Gasteiger partial charge in [-0.05, 0) is 62.9 Å². The number of amides is 1. The molecular weight excluding hydrogens is 390 g/mol. The molecule has 1 unspecified atom stereocenters. The lowest BCUT2D eigenvalue weighted by atomic mass is 9.87. The van der Waals surface area contributed by atoms with Gasteiger partial charge in [-0.3, -0.25) is 14.5 Å². The first-order valence-corrected chi connectivity index (χ1v) is 10.6. The van der Waals surface area contributed by atoms with Gasteiger partial charge in [-0.2, -0.15) is 0 Å². The molecular formula is C22H34ClN3O3. The molecule has 1 fully saturated rings. The van der Waals surface area contributed by atoms with Gasteiger partial charge in [0.1, 0.15) is 0 Å². The fourth-order valence-electron chi connectivity index (χ4n) is 4.61. The predicted molar refractivity (Wildman–Crippen MR) is 116 cm³/mol. The van der Waals surface area contributed by atoms with Gasteiger partial charge in [0.05, 0.1) is 12.6 Å². The van der Waals surface area contributed by atoms with Crippen LogP contribution in [0.1, 0.15) is 56.2 Å². The van der Waals surface area contributed by atoms with Crippen LogP contribution in [0, 0.1) is 0 Å². The minimum absolute atomic E-state index is 0. The summed E-state index contributed by atoms with van der Waals surface area (Å²) in [5, 5.41) is 12.3. The lowest BCUT2D eigenvalue weighted by molar-refractivity contribution is -0.139. The maximum Gasteiger partial charge on any atom is 0.317 e. The minimum atomic E-state index is -0.759. The van der Waals surface area contributed by atoms with Crippen molar-refractivity contribution in [3.8, 4) is 0 Å². The Labute approximate surface area is 180 Å². The smallest absolute Gasteiger partial charge is 0.317 e. The Bertz CT molecular complexity index is 677. The fraction of sp³-hybridized carbons (Fsp3) is 0.636. The number of halogens is 1. The molecule has 3 rings (SSSR count). The first-order valence-electron chi connectivity index (χ1n) is 10.6. The number of aryl methyl sites for hydroxylation is 1. The van der Waals surface area contributed by atoms with Crippen LogP contribution in [-0.2, 0) is 16.0 Å². The monoisotopic (exact) mass is 423 g/mol. The van der Waals surface area contributed by atoms with E-state index in [1.54, 1.807) is 0 Å². The average molecular weight is 424 g/mol. The molecule has 1 heterocycles. The number of aliphatic carboxylic acids is 1. The molecule has 1 amide bonds. The first kappa shape index (κ1) is 23.6. The molecule has 1 aliphatic carbocycles. The molecule has 6 nitrogen and oxygen atoms in total. The van der Waals surface area contributed by atoms with E-state index in [9.17, 15) is 9.59 Å². The van der Waals surface area contributed by atoms with Gasteiger partial charge < -0.3 is 15.3 Å². The fourth-order valence-corrected chi connectivity index (χ4v) is 4.61. The van der Waals surface area contributed by atoms with Crippen LogP contribution in [0.3, 0.4) is 0 Å². The van der Waals surface area contributed by atoms with Crippen molar-refractivity contribution in [2.75, 3.05) is 32.7 Å².